The second-order valence-corrected chi connectivity index (χ2v) is 15.0. The zero-order valence-corrected chi connectivity index (χ0v) is 28.0. The lowest BCUT2D eigenvalue weighted by Gasteiger charge is -2.32. The van der Waals surface area contributed by atoms with Gasteiger partial charge in [-0.15, -0.1) is 11.3 Å². The fourth-order valence-corrected chi connectivity index (χ4v) is 8.74. The molecule has 10 rings (SSSR count). The Hall–Kier alpha value is -4.88. The number of para-hydroxylation sites is 3. The third-order valence-corrected chi connectivity index (χ3v) is 11.9. The van der Waals surface area contributed by atoms with Crippen molar-refractivity contribution in [3.63, 3.8) is 0 Å². The van der Waals surface area contributed by atoms with Crippen LogP contribution < -0.4 is 5.46 Å². The lowest BCUT2D eigenvalue weighted by molar-refractivity contribution is 0.00578. The predicted molar refractivity (Wildman–Crippen MR) is 202 cm³/mol. The van der Waals surface area contributed by atoms with Crippen molar-refractivity contribution in [2.75, 3.05) is 0 Å². The lowest BCUT2D eigenvalue weighted by Crippen LogP contribution is -2.41. The van der Waals surface area contributed by atoms with E-state index in [4.69, 9.17) is 13.7 Å². The molecule has 0 unspecified atom stereocenters. The summed E-state index contributed by atoms with van der Waals surface area (Å²) in [6.07, 6.45) is 0. The Morgan fingerprint density at radius 2 is 1.19 bits per heavy atom. The Bertz CT molecular complexity index is 2680. The molecule has 0 aliphatic carbocycles. The first kappa shape index (κ1) is 28.2. The van der Waals surface area contributed by atoms with Crippen LogP contribution in [0.4, 0.5) is 0 Å². The van der Waals surface area contributed by atoms with Crippen LogP contribution in [0.2, 0.25) is 0 Å². The molecule has 0 atom stereocenters. The maximum absolute atomic E-state index is 6.70. The molecule has 232 valence electrons. The van der Waals surface area contributed by atoms with Crippen LogP contribution in [0.25, 0.3) is 80.7 Å². The Morgan fingerprint density at radius 3 is 1.88 bits per heavy atom. The van der Waals surface area contributed by atoms with E-state index >= 15 is 0 Å². The van der Waals surface area contributed by atoms with E-state index in [2.05, 4.69) is 148 Å². The highest BCUT2D eigenvalue weighted by Crippen LogP contribution is 2.45. The number of rotatable bonds is 3. The number of fused-ring (bicyclic) bond motifs is 10. The molecule has 6 aromatic carbocycles. The van der Waals surface area contributed by atoms with Crippen LogP contribution >= 0.6 is 11.3 Å². The number of thiophene rings is 1. The molecule has 4 nitrogen and oxygen atoms in total. The van der Waals surface area contributed by atoms with Crippen molar-refractivity contribution < 1.29 is 13.7 Å². The third-order valence-electron chi connectivity index (χ3n) is 10.7. The van der Waals surface area contributed by atoms with Crippen LogP contribution in [0.1, 0.15) is 27.7 Å². The second kappa shape index (κ2) is 9.83. The summed E-state index contributed by atoms with van der Waals surface area (Å²) in [5.74, 6) is 0. The van der Waals surface area contributed by atoms with Crippen molar-refractivity contribution in [2.24, 2.45) is 0 Å². The van der Waals surface area contributed by atoms with Gasteiger partial charge in [-0.25, -0.2) is 0 Å². The predicted octanol–water partition coefficient (Wildman–Crippen LogP) is 11.0. The molecule has 0 spiro atoms. The summed E-state index contributed by atoms with van der Waals surface area (Å²) < 4.78 is 24.5. The normalized spacial score (nSPS) is 16.0. The highest BCUT2D eigenvalue weighted by Gasteiger charge is 2.52. The van der Waals surface area contributed by atoms with Crippen molar-refractivity contribution in [3.8, 4) is 16.8 Å². The van der Waals surface area contributed by atoms with Gasteiger partial charge in [0.15, 0.2) is 0 Å². The van der Waals surface area contributed by atoms with E-state index in [1.54, 1.807) is 11.3 Å². The number of hydrogen-bond acceptors (Lipinski definition) is 4. The molecule has 1 fully saturated rings. The van der Waals surface area contributed by atoms with Gasteiger partial charge in [-0.2, -0.15) is 0 Å². The molecule has 4 heterocycles. The molecule has 0 radical (unpaired) electrons. The van der Waals surface area contributed by atoms with Crippen molar-refractivity contribution in [1.82, 2.24) is 4.57 Å². The minimum atomic E-state index is -0.487. The molecular formula is C42H32BNO3S. The highest BCUT2D eigenvalue weighted by molar-refractivity contribution is 7.27. The zero-order valence-electron chi connectivity index (χ0n) is 27.2. The molecule has 6 heteroatoms. The van der Waals surface area contributed by atoms with Gasteiger partial charge >= 0.3 is 7.12 Å². The quantitative estimate of drug-likeness (QED) is 0.180. The topological polar surface area (TPSA) is 36.5 Å². The molecule has 1 aliphatic rings. The van der Waals surface area contributed by atoms with Crippen molar-refractivity contribution in [3.05, 3.63) is 121 Å². The molecule has 48 heavy (non-hydrogen) atoms. The summed E-state index contributed by atoms with van der Waals surface area (Å²) in [6.45, 7) is 8.47. The zero-order chi connectivity index (χ0) is 32.4. The first-order valence-electron chi connectivity index (χ1n) is 16.5. The Labute approximate surface area is 282 Å². The molecule has 1 aliphatic heterocycles. The van der Waals surface area contributed by atoms with E-state index in [1.807, 2.05) is 6.07 Å². The second-order valence-electron chi connectivity index (χ2n) is 14.0. The number of nitrogens with zero attached hydrogens (tertiary/aromatic N) is 1. The first-order chi connectivity index (χ1) is 23.3. The summed E-state index contributed by atoms with van der Waals surface area (Å²) in [6, 6.07) is 43.5. The smallest absolute Gasteiger partial charge is 0.456 e. The van der Waals surface area contributed by atoms with Crippen LogP contribution in [0.5, 0.6) is 0 Å². The Morgan fingerprint density at radius 1 is 0.562 bits per heavy atom. The van der Waals surface area contributed by atoms with Gasteiger partial charge in [0.1, 0.15) is 11.2 Å². The molecule has 1 saturated heterocycles. The highest BCUT2D eigenvalue weighted by atomic mass is 32.1. The van der Waals surface area contributed by atoms with Crippen LogP contribution in [-0.4, -0.2) is 22.9 Å². The Kier molecular flexibility index (Phi) is 5.77. The first-order valence-corrected chi connectivity index (χ1v) is 17.3. The average Bonchev–Trinajstić information content (AvgIpc) is 3.81. The Balaban J connectivity index is 1.20. The van der Waals surface area contributed by atoms with Gasteiger partial charge in [-0.1, -0.05) is 72.8 Å². The van der Waals surface area contributed by atoms with Crippen LogP contribution in [0, 0.1) is 0 Å². The van der Waals surface area contributed by atoms with Crippen molar-refractivity contribution >= 4 is 87.8 Å². The van der Waals surface area contributed by atoms with E-state index in [0.29, 0.717) is 0 Å². The third kappa shape index (κ3) is 3.91. The fourth-order valence-electron chi connectivity index (χ4n) is 7.53. The van der Waals surface area contributed by atoms with E-state index in [0.717, 1.165) is 44.2 Å². The molecule has 9 aromatic rings. The lowest BCUT2D eigenvalue weighted by atomic mass is 9.77. The summed E-state index contributed by atoms with van der Waals surface area (Å²) in [7, 11) is -0.487. The fraction of sp³-hybridized carbons (Fsp3) is 0.143. The molecule has 3 aromatic heterocycles. The van der Waals surface area contributed by atoms with E-state index in [-0.39, 0.29) is 0 Å². The van der Waals surface area contributed by atoms with Gasteiger partial charge in [-0.05, 0) is 87.4 Å². The minimum absolute atomic E-state index is 0.450. The molecule has 0 saturated carbocycles. The van der Waals surface area contributed by atoms with Gasteiger partial charge in [-0.3, -0.25) is 0 Å². The summed E-state index contributed by atoms with van der Waals surface area (Å²) in [5.41, 5.74) is 7.79. The van der Waals surface area contributed by atoms with Gasteiger partial charge in [0.25, 0.3) is 0 Å². The number of aromatic nitrogens is 1. The van der Waals surface area contributed by atoms with Gasteiger partial charge in [0.2, 0.25) is 0 Å². The van der Waals surface area contributed by atoms with Crippen LogP contribution in [0.3, 0.4) is 0 Å². The molecule has 0 amide bonds. The number of benzene rings is 6. The maximum atomic E-state index is 6.70. The summed E-state index contributed by atoms with van der Waals surface area (Å²) in [4.78, 5) is 0. The van der Waals surface area contributed by atoms with Gasteiger partial charge < -0.3 is 18.3 Å². The monoisotopic (exact) mass is 641 g/mol. The van der Waals surface area contributed by atoms with Gasteiger partial charge in [0.05, 0.1) is 22.2 Å². The summed E-state index contributed by atoms with van der Waals surface area (Å²) >= 11 is 1.80. The summed E-state index contributed by atoms with van der Waals surface area (Å²) in [5, 5.41) is 7.23. The van der Waals surface area contributed by atoms with Crippen molar-refractivity contribution in [2.45, 2.75) is 38.9 Å². The number of furan rings is 1. The van der Waals surface area contributed by atoms with E-state index < -0.39 is 18.3 Å². The van der Waals surface area contributed by atoms with E-state index in [9.17, 15) is 0 Å². The molecule has 0 bridgehead atoms. The molecule has 0 N–H and O–H groups in total. The van der Waals surface area contributed by atoms with Crippen LogP contribution in [-0.2, 0) is 9.31 Å². The van der Waals surface area contributed by atoms with Gasteiger partial charge in [0, 0.05) is 52.9 Å². The largest absolute Gasteiger partial charge is 0.496 e. The maximum Gasteiger partial charge on any atom is 0.496 e. The van der Waals surface area contributed by atoms with Crippen LogP contribution in [0.15, 0.2) is 126 Å². The average molecular weight is 642 g/mol. The number of hydrogen-bond donors (Lipinski definition) is 0. The standard InChI is InChI=1S/C42H32BNO3S/c1-41(2)42(3,4)47-43(46-41)32-24-26(23-31-39-37(48-40(31)32)22-21-36-38(39)30-13-7-10-16-35(30)45-36)25-17-19-27(20-18-25)44-33-14-8-5-11-28(33)29-12-6-9-15-34(29)44/h5-24H,1-4H3. The SMILES string of the molecule is CC1(C)OB(c2cc(-c3ccc(-n4c5ccccc5c5ccccc54)cc3)cc3c2sc2ccc4oc5ccccc5c4c23)OC1(C)C. The molecular weight excluding hydrogens is 609 g/mol. The van der Waals surface area contributed by atoms with E-state index in [1.165, 1.54) is 42.0 Å². The van der Waals surface area contributed by atoms with Crippen molar-refractivity contribution in [1.29, 1.82) is 0 Å². The minimum Gasteiger partial charge on any atom is -0.456 e.